The second-order valence-corrected chi connectivity index (χ2v) is 9.63. The Morgan fingerprint density at radius 3 is 2.50 bits per heavy atom. The van der Waals surface area contributed by atoms with E-state index in [2.05, 4.69) is 46.8 Å². The molecule has 7 nitrogen and oxygen atoms in total. The van der Waals surface area contributed by atoms with Gasteiger partial charge in [0.05, 0.1) is 28.7 Å². The Morgan fingerprint density at radius 2 is 1.89 bits per heavy atom. The third-order valence-electron chi connectivity index (χ3n) is 4.33. The first-order valence-electron chi connectivity index (χ1n) is 8.70. The van der Waals surface area contributed by atoms with Crippen molar-refractivity contribution in [2.45, 2.75) is 49.8 Å². The largest absolute Gasteiger partial charge is 0.480 e. The number of rotatable bonds is 4. The standard InChI is InChI=1S/C20H21N5O2S/c1-19(2,3)16-7-13(23-10-24-16)14-6-11-12(8-21)17(22-9-15(11)25-14)28-20(4,5)18(26)27/h6-7,9-10,25H,1-5H3,(H,26,27). The maximum atomic E-state index is 11.4. The van der Waals surface area contributed by atoms with Crippen molar-refractivity contribution in [1.82, 2.24) is 19.9 Å². The molecule has 2 N–H and O–H groups in total. The number of nitrogens with one attached hydrogen (secondary N) is 1. The smallest absolute Gasteiger partial charge is 0.319 e. The molecule has 3 aromatic rings. The van der Waals surface area contributed by atoms with Crippen LogP contribution in [0.4, 0.5) is 0 Å². The van der Waals surface area contributed by atoms with E-state index in [1.165, 1.54) is 6.33 Å². The first kappa shape index (κ1) is 19.8. The van der Waals surface area contributed by atoms with E-state index in [0.29, 0.717) is 21.5 Å². The molecule has 0 aromatic carbocycles. The highest BCUT2D eigenvalue weighted by atomic mass is 32.2. The summed E-state index contributed by atoms with van der Waals surface area (Å²) in [5.74, 6) is -0.964. The van der Waals surface area contributed by atoms with E-state index >= 15 is 0 Å². The summed E-state index contributed by atoms with van der Waals surface area (Å²) in [5, 5.41) is 20.1. The van der Waals surface area contributed by atoms with Gasteiger partial charge in [0.15, 0.2) is 0 Å². The molecule has 0 aliphatic carbocycles. The summed E-state index contributed by atoms with van der Waals surface area (Å²) >= 11 is 1.06. The molecule has 3 aromatic heterocycles. The van der Waals surface area contributed by atoms with Crippen molar-refractivity contribution in [3.63, 3.8) is 0 Å². The van der Waals surface area contributed by atoms with Crippen LogP contribution in [0.3, 0.4) is 0 Å². The predicted octanol–water partition coefficient (Wildman–Crippen LogP) is 4.14. The summed E-state index contributed by atoms with van der Waals surface area (Å²) in [6, 6.07) is 5.94. The van der Waals surface area contributed by atoms with Crippen molar-refractivity contribution in [2.24, 2.45) is 0 Å². The second-order valence-electron chi connectivity index (χ2n) is 8.02. The molecule has 0 saturated heterocycles. The molecule has 0 fully saturated rings. The van der Waals surface area contributed by atoms with E-state index in [-0.39, 0.29) is 5.41 Å². The minimum atomic E-state index is -1.10. The number of hydrogen-bond donors (Lipinski definition) is 2. The van der Waals surface area contributed by atoms with E-state index in [4.69, 9.17) is 0 Å². The van der Waals surface area contributed by atoms with Gasteiger partial charge in [-0.3, -0.25) is 4.79 Å². The number of fused-ring (bicyclic) bond motifs is 1. The summed E-state index contributed by atoms with van der Waals surface area (Å²) in [5.41, 5.74) is 3.31. The average Bonchev–Trinajstić information content (AvgIpc) is 3.05. The molecule has 144 valence electrons. The maximum Gasteiger partial charge on any atom is 0.319 e. The zero-order chi connectivity index (χ0) is 20.7. The van der Waals surface area contributed by atoms with Crippen molar-refractivity contribution < 1.29 is 9.90 Å². The molecule has 0 radical (unpaired) electrons. The number of thioether (sulfide) groups is 1. The van der Waals surface area contributed by atoms with Crippen LogP contribution in [-0.2, 0) is 10.2 Å². The van der Waals surface area contributed by atoms with Crippen molar-refractivity contribution in [3.8, 4) is 17.5 Å². The van der Waals surface area contributed by atoms with Crippen LogP contribution in [0.1, 0.15) is 45.9 Å². The van der Waals surface area contributed by atoms with E-state index in [9.17, 15) is 15.2 Å². The van der Waals surface area contributed by atoms with Crippen LogP contribution in [0.2, 0.25) is 0 Å². The number of H-pyrrole nitrogens is 1. The number of nitrogens with zero attached hydrogens (tertiary/aromatic N) is 4. The van der Waals surface area contributed by atoms with Gasteiger partial charge < -0.3 is 10.1 Å². The van der Waals surface area contributed by atoms with Gasteiger partial charge in [-0.05, 0) is 26.0 Å². The first-order valence-corrected chi connectivity index (χ1v) is 9.51. The quantitative estimate of drug-likeness (QED) is 0.638. The normalized spacial score (nSPS) is 12.1. The van der Waals surface area contributed by atoms with E-state index in [1.54, 1.807) is 20.0 Å². The van der Waals surface area contributed by atoms with Gasteiger partial charge in [0.25, 0.3) is 0 Å². The Morgan fingerprint density at radius 1 is 1.18 bits per heavy atom. The lowest BCUT2D eigenvalue weighted by atomic mass is 9.91. The number of nitriles is 1. The summed E-state index contributed by atoms with van der Waals surface area (Å²) in [6.07, 6.45) is 3.15. The Balaban J connectivity index is 2.10. The molecule has 0 aliphatic heterocycles. The van der Waals surface area contributed by atoms with Crippen LogP contribution in [0.25, 0.3) is 22.3 Å². The van der Waals surface area contributed by atoms with Crippen LogP contribution >= 0.6 is 11.8 Å². The summed E-state index contributed by atoms with van der Waals surface area (Å²) < 4.78 is -1.10. The molecule has 3 heterocycles. The van der Waals surface area contributed by atoms with Gasteiger partial charge in [0, 0.05) is 16.5 Å². The second kappa shape index (κ2) is 6.91. The summed E-state index contributed by atoms with van der Waals surface area (Å²) in [7, 11) is 0. The highest BCUT2D eigenvalue weighted by Gasteiger charge is 2.31. The van der Waals surface area contributed by atoms with Gasteiger partial charge in [-0.15, -0.1) is 0 Å². The average molecular weight is 395 g/mol. The van der Waals surface area contributed by atoms with E-state index in [1.807, 2.05) is 12.1 Å². The molecule has 0 spiro atoms. The molecule has 0 atom stereocenters. The van der Waals surface area contributed by atoms with E-state index in [0.717, 1.165) is 28.8 Å². The van der Waals surface area contributed by atoms with Crippen molar-refractivity contribution in [1.29, 1.82) is 5.26 Å². The van der Waals surface area contributed by atoms with Crippen LogP contribution in [0.15, 0.2) is 29.7 Å². The van der Waals surface area contributed by atoms with Crippen molar-refractivity contribution in [3.05, 3.63) is 35.9 Å². The van der Waals surface area contributed by atoms with Gasteiger partial charge >= 0.3 is 5.97 Å². The third kappa shape index (κ3) is 3.71. The number of pyridine rings is 1. The Kier molecular flexibility index (Phi) is 4.90. The molecule has 28 heavy (non-hydrogen) atoms. The Labute approximate surface area is 167 Å². The number of aliphatic carboxylic acids is 1. The number of carbonyl (C=O) groups is 1. The zero-order valence-electron chi connectivity index (χ0n) is 16.4. The molecule has 0 amide bonds. The Bertz CT molecular complexity index is 1110. The summed E-state index contributed by atoms with van der Waals surface area (Å²) in [6.45, 7) is 9.41. The lowest BCUT2D eigenvalue weighted by Gasteiger charge is -2.18. The number of aromatic amines is 1. The predicted molar refractivity (Wildman–Crippen MR) is 108 cm³/mol. The SMILES string of the molecule is CC(C)(Sc1ncc2[nH]c(-c3cc(C(C)(C)C)ncn3)cc2c1C#N)C(=O)O. The zero-order valence-corrected chi connectivity index (χ0v) is 17.2. The lowest BCUT2D eigenvalue weighted by Crippen LogP contribution is -2.27. The van der Waals surface area contributed by atoms with Crippen LogP contribution in [0, 0.1) is 11.3 Å². The minimum absolute atomic E-state index is 0.116. The fourth-order valence-electron chi connectivity index (χ4n) is 2.61. The van der Waals surface area contributed by atoms with Crippen LogP contribution < -0.4 is 0 Å². The maximum absolute atomic E-state index is 11.4. The number of aromatic nitrogens is 4. The molecular formula is C20H21N5O2S. The number of carboxylic acids is 1. The highest BCUT2D eigenvalue weighted by molar-refractivity contribution is 8.01. The third-order valence-corrected chi connectivity index (χ3v) is 5.52. The fourth-order valence-corrected chi connectivity index (χ4v) is 3.54. The number of carboxylic acid groups (broad SMARTS) is 1. The molecule has 0 saturated carbocycles. The van der Waals surface area contributed by atoms with Gasteiger partial charge in [-0.1, -0.05) is 32.5 Å². The van der Waals surface area contributed by atoms with Crippen molar-refractivity contribution in [2.75, 3.05) is 0 Å². The van der Waals surface area contributed by atoms with E-state index < -0.39 is 10.7 Å². The number of hydrogen-bond acceptors (Lipinski definition) is 6. The fraction of sp³-hybridized carbons (Fsp3) is 0.350. The highest BCUT2D eigenvalue weighted by Crippen LogP contribution is 2.37. The van der Waals surface area contributed by atoms with Crippen molar-refractivity contribution >= 4 is 28.6 Å². The Hall–Kier alpha value is -2.92. The monoisotopic (exact) mass is 395 g/mol. The lowest BCUT2D eigenvalue weighted by molar-refractivity contribution is -0.138. The molecule has 8 heteroatoms. The molecule has 0 unspecified atom stereocenters. The molecule has 0 bridgehead atoms. The van der Waals surface area contributed by atoms with Crippen LogP contribution in [-0.4, -0.2) is 35.8 Å². The molecular weight excluding hydrogens is 374 g/mol. The van der Waals surface area contributed by atoms with Crippen LogP contribution in [0.5, 0.6) is 0 Å². The molecule has 0 aliphatic rings. The van der Waals surface area contributed by atoms with Gasteiger partial charge in [0.1, 0.15) is 22.2 Å². The first-order chi connectivity index (χ1) is 13.0. The van der Waals surface area contributed by atoms with Gasteiger partial charge in [-0.2, -0.15) is 5.26 Å². The summed E-state index contributed by atoms with van der Waals surface area (Å²) in [4.78, 5) is 27.7. The minimum Gasteiger partial charge on any atom is -0.480 e. The molecule has 3 rings (SSSR count). The van der Waals surface area contributed by atoms with Gasteiger partial charge in [-0.25, -0.2) is 15.0 Å². The van der Waals surface area contributed by atoms with Gasteiger partial charge in [0.2, 0.25) is 0 Å². The topological polar surface area (TPSA) is 116 Å².